The Kier molecular flexibility index (Phi) is 4.30. The maximum Gasteiger partial charge on any atom is 0.0854 e. The smallest absolute Gasteiger partial charge is 0.0854 e. The van der Waals surface area contributed by atoms with Crippen molar-refractivity contribution in [2.24, 2.45) is 10.2 Å². The van der Waals surface area contributed by atoms with E-state index in [4.69, 9.17) is 0 Å². The van der Waals surface area contributed by atoms with E-state index in [0.29, 0.717) is 0 Å². The minimum Gasteiger partial charge on any atom is -0.197 e. The van der Waals surface area contributed by atoms with Gasteiger partial charge in [0.15, 0.2) is 0 Å². The predicted molar refractivity (Wildman–Crippen MR) is 59.7 cm³/mol. The molecule has 2 heteroatoms. The summed E-state index contributed by atoms with van der Waals surface area (Å²) in [6.07, 6.45) is 2.14. The molecule has 0 heterocycles. The van der Waals surface area contributed by atoms with E-state index in [1.165, 1.54) is 16.7 Å². The zero-order chi connectivity index (χ0) is 10.4. The Bertz CT molecular complexity index is 294. The van der Waals surface area contributed by atoms with Gasteiger partial charge in [0.05, 0.1) is 6.54 Å². The lowest BCUT2D eigenvalue weighted by Crippen LogP contribution is -1.97. The zero-order valence-corrected chi connectivity index (χ0v) is 9.25. The zero-order valence-electron chi connectivity index (χ0n) is 9.25. The van der Waals surface area contributed by atoms with Crippen LogP contribution in [0.3, 0.4) is 0 Å². The predicted octanol–water partition coefficient (Wildman–Crippen LogP) is 3.39. The molecule has 14 heavy (non-hydrogen) atoms. The van der Waals surface area contributed by atoms with Gasteiger partial charge in [-0.15, -0.1) is 0 Å². The van der Waals surface area contributed by atoms with Crippen LogP contribution < -0.4 is 0 Å². The van der Waals surface area contributed by atoms with Crippen molar-refractivity contribution in [1.29, 1.82) is 0 Å². The summed E-state index contributed by atoms with van der Waals surface area (Å²) in [6, 6.07) is 6.49. The SMILES string of the molecule is CCc1cccc(CC)c1CN=NC. The van der Waals surface area contributed by atoms with Gasteiger partial charge in [0.2, 0.25) is 0 Å². The number of rotatable bonds is 4. The van der Waals surface area contributed by atoms with Crippen LogP contribution in [0.25, 0.3) is 0 Å². The molecule has 0 aromatic heterocycles. The average Bonchev–Trinajstić information content (AvgIpc) is 2.25. The lowest BCUT2D eigenvalue weighted by Gasteiger charge is -2.09. The molecule has 1 rings (SSSR count). The van der Waals surface area contributed by atoms with Crippen molar-refractivity contribution < 1.29 is 0 Å². The molecule has 1 aromatic rings. The molecule has 0 amide bonds. The van der Waals surface area contributed by atoms with Crippen LogP contribution >= 0.6 is 0 Å². The van der Waals surface area contributed by atoms with Crippen LogP contribution in [0.15, 0.2) is 28.4 Å². The first kappa shape index (κ1) is 10.9. The van der Waals surface area contributed by atoms with E-state index < -0.39 is 0 Å². The van der Waals surface area contributed by atoms with Gasteiger partial charge in [-0.2, -0.15) is 10.2 Å². The normalized spacial score (nSPS) is 11.1. The lowest BCUT2D eigenvalue weighted by atomic mass is 9.98. The van der Waals surface area contributed by atoms with Gasteiger partial charge >= 0.3 is 0 Å². The summed E-state index contributed by atoms with van der Waals surface area (Å²) in [5, 5.41) is 7.89. The van der Waals surface area contributed by atoms with Crippen LogP contribution in [0.2, 0.25) is 0 Å². The maximum atomic E-state index is 4.08. The van der Waals surface area contributed by atoms with Crippen LogP contribution in [-0.4, -0.2) is 7.05 Å². The van der Waals surface area contributed by atoms with Crippen LogP contribution in [0.5, 0.6) is 0 Å². The molecule has 0 aliphatic heterocycles. The highest BCUT2D eigenvalue weighted by atomic mass is 15.1. The third-order valence-electron chi connectivity index (χ3n) is 2.50. The number of nitrogens with zero attached hydrogens (tertiary/aromatic N) is 2. The monoisotopic (exact) mass is 190 g/mol. The average molecular weight is 190 g/mol. The first-order valence-electron chi connectivity index (χ1n) is 5.18. The van der Waals surface area contributed by atoms with Gasteiger partial charge in [-0.1, -0.05) is 32.0 Å². The summed E-state index contributed by atoms with van der Waals surface area (Å²) in [5.74, 6) is 0. The number of hydrogen-bond donors (Lipinski definition) is 0. The van der Waals surface area contributed by atoms with Gasteiger partial charge in [-0.3, -0.25) is 0 Å². The van der Waals surface area contributed by atoms with Crippen LogP contribution in [-0.2, 0) is 19.4 Å². The molecular formula is C12H18N2. The highest BCUT2D eigenvalue weighted by molar-refractivity contribution is 5.35. The summed E-state index contributed by atoms with van der Waals surface area (Å²) in [5.41, 5.74) is 4.16. The number of aryl methyl sites for hydroxylation is 2. The first-order valence-corrected chi connectivity index (χ1v) is 5.18. The molecule has 0 unspecified atom stereocenters. The van der Waals surface area contributed by atoms with Gasteiger partial charge in [0.25, 0.3) is 0 Å². The molecule has 2 nitrogen and oxygen atoms in total. The summed E-state index contributed by atoms with van der Waals surface area (Å²) in [6.45, 7) is 5.09. The van der Waals surface area contributed by atoms with E-state index in [9.17, 15) is 0 Å². The lowest BCUT2D eigenvalue weighted by molar-refractivity contribution is 0.889. The molecular weight excluding hydrogens is 172 g/mol. The van der Waals surface area contributed by atoms with Crippen molar-refractivity contribution in [3.63, 3.8) is 0 Å². The molecule has 0 atom stereocenters. The van der Waals surface area contributed by atoms with Crippen molar-refractivity contribution >= 4 is 0 Å². The molecule has 76 valence electrons. The minimum absolute atomic E-state index is 0.726. The Morgan fingerprint density at radius 3 is 2.07 bits per heavy atom. The fourth-order valence-electron chi connectivity index (χ4n) is 1.69. The van der Waals surface area contributed by atoms with Crippen molar-refractivity contribution in [3.8, 4) is 0 Å². The van der Waals surface area contributed by atoms with Crippen molar-refractivity contribution in [2.75, 3.05) is 7.05 Å². The highest BCUT2D eigenvalue weighted by Gasteiger charge is 2.04. The maximum absolute atomic E-state index is 4.08. The standard InChI is InChI=1S/C12H18N2/c1-4-10-7-6-8-11(5-2)12(10)9-14-13-3/h6-8H,4-5,9H2,1-3H3. The second-order valence-corrected chi connectivity index (χ2v) is 3.26. The van der Waals surface area contributed by atoms with Crippen LogP contribution in [0.4, 0.5) is 0 Å². The summed E-state index contributed by atoms with van der Waals surface area (Å²) in [7, 11) is 1.72. The molecule has 0 aliphatic carbocycles. The molecule has 1 aromatic carbocycles. The van der Waals surface area contributed by atoms with Gasteiger partial charge in [-0.05, 0) is 29.5 Å². The van der Waals surface area contributed by atoms with Crippen LogP contribution in [0, 0.1) is 0 Å². The largest absolute Gasteiger partial charge is 0.197 e. The van der Waals surface area contributed by atoms with Gasteiger partial charge in [0.1, 0.15) is 0 Å². The van der Waals surface area contributed by atoms with E-state index >= 15 is 0 Å². The quantitative estimate of drug-likeness (QED) is 0.650. The molecule has 0 saturated heterocycles. The van der Waals surface area contributed by atoms with E-state index in [1.807, 2.05) is 0 Å². The van der Waals surface area contributed by atoms with Gasteiger partial charge < -0.3 is 0 Å². The summed E-state index contributed by atoms with van der Waals surface area (Å²) >= 11 is 0. The van der Waals surface area contributed by atoms with Crippen molar-refractivity contribution in [1.82, 2.24) is 0 Å². The molecule has 0 spiro atoms. The summed E-state index contributed by atoms with van der Waals surface area (Å²) < 4.78 is 0. The van der Waals surface area contributed by atoms with Crippen molar-refractivity contribution in [3.05, 3.63) is 34.9 Å². The Balaban J connectivity index is 3.05. The fraction of sp³-hybridized carbons (Fsp3) is 0.500. The Hall–Kier alpha value is -1.18. The molecule has 0 saturated carbocycles. The molecule has 0 aliphatic rings. The van der Waals surface area contributed by atoms with E-state index in [-0.39, 0.29) is 0 Å². The number of benzene rings is 1. The second-order valence-electron chi connectivity index (χ2n) is 3.26. The fourth-order valence-corrected chi connectivity index (χ4v) is 1.69. The third-order valence-corrected chi connectivity index (χ3v) is 2.50. The Morgan fingerprint density at radius 1 is 1.07 bits per heavy atom. The highest BCUT2D eigenvalue weighted by Crippen LogP contribution is 2.17. The first-order chi connectivity index (χ1) is 6.83. The molecule has 0 fully saturated rings. The Labute approximate surface area is 86.1 Å². The second kappa shape index (κ2) is 5.53. The minimum atomic E-state index is 0.726. The topological polar surface area (TPSA) is 24.7 Å². The molecule has 0 bridgehead atoms. The van der Waals surface area contributed by atoms with Gasteiger partial charge in [0, 0.05) is 7.05 Å². The summed E-state index contributed by atoms with van der Waals surface area (Å²) in [4.78, 5) is 0. The van der Waals surface area contributed by atoms with Crippen LogP contribution in [0.1, 0.15) is 30.5 Å². The van der Waals surface area contributed by atoms with E-state index in [1.54, 1.807) is 7.05 Å². The number of azo groups is 1. The Morgan fingerprint density at radius 2 is 1.64 bits per heavy atom. The van der Waals surface area contributed by atoms with E-state index in [0.717, 1.165) is 19.4 Å². The molecule has 0 radical (unpaired) electrons. The van der Waals surface area contributed by atoms with Gasteiger partial charge in [-0.25, -0.2) is 0 Å². The van der Waals surface area contributed by atoms with E-state index in [2.05, 4.69) is 42.3 Å². The third kappa shape index (κ3) is 2.41. The van der Waals surface area contributed by atoms with Crippen molar-refractivity contribution in [2.45, 2.75) is 33.2 Å². The molecule has 0 N–H and O–H groups in total. The number of hydrogen-bond acceptors (Lipinski definition) is 2.